The zero-order valence-electron chi connectivity index (χ0n) is 18.8. The first-order valence-electron chi connectivity index (χ1n) is 10.4. The molecule has 0 aromatic heterocycles. The molecule has 2 N–H and O–H groups in total. The Hall–Kier alpha value is -4.43. The number of hydrogen-bond acceptors (Lipinski definition) is 7. The number of aldehydes is 1. The number of carbonyl (C=O) groups excluding carboxylic acids is 2. The van der Waals surface area contributed by atoms with E-state index in [1.165, 1.54) is 20.3 Å². The van der Waals surface area contributed by atoms with Gasteiger partial charge in [-0.2, -0.15) is 0 Å². The number of amides is 1. The minimum Gasteiger partial charge on any atom is -0.505 e. The summed E-state index contributed by atoms with van der Waals surface area (Å²) in [6, 6.07) is 18.2. The van der Waals surface area contributed by atoms with Crippen molar-refractivity contribution in [2.24, 2.45) is 10.2 Å². The number of benzene rings is 4. The topological polar surface area (TPSA) is 110 Å². The van der Waals surface area contributed by atoms with E-state index in [-0.39, 0.29) is 17.0 Å². The van der Waals surface area contributed by atoms with Crippen molar-refractivity contribution in [3.05, 3.63) is 82.9 Å². The first-order chi connectivity index (χ1) is 16.9. The van der Waals surface area contributed by atoms with E-state index in [4.69, 9.17) is 21.1 Å². The molecule has 4 aromatic carbocycles. The predicted octanol–water partition coefficient (Wildman–Crippen LogP) is 6.70. The number of nitrogens with zero attached hydrogens (tertiary/aromatic N) is 2. The van der Waals surface area contributed by atoms with Gasteiger partial charge in [-0.3, -0.25) is 9.59 Å². The van der Waals surface area contributed by atoms with Crippen LogP contribution in [-0.2, 0) is 0 Å². The molecule has 0 unspecified atom stereocenters. The summed E-state index contributed by atoms with van der Waals surface area (Å²) in [5, 5.41) is 23.9. The van der Waals surface area contributed by atoms with E-state index in [1.54, 1.807) is 60.7 Å². The Kier molecular flexibility index (Phi) is 6.93. The second kappa shape index (κ2) is 10.2. The van der Waals surface area contributed by atoms with E-state index in [9.17, 15) is 14.7 Å². The van der Waals surface area contributed by atoms with Crippen molar-refractivity contribution in [3.8, 4) is 17.2 Å². The van der Waals surface area contributed by atoms with Crippen molar-refractivity contribution in [2.45, 2.75) is 0 Å². The molecule has 4 rings (SSSR count). The highest BCUT2D eigenvalue weighted by Crippen LogP contribution is 2.41. The number of aromatic hydroxyl groups is 1. The lowest BCUT2D eigenvalue weighted by molar-refractivity contribution is 0.102. The molecule has 9 heteroatoms. The van der Waals surface area contributed by atoms with Crippen LogP contribution >= 0.6 is 11.6 Å². The summed E-state index contributed by atoms with van der Waals surface area (Å²) in [6.07, 6.45) is 0.681. The van der Waals surface area contributed by atoms with Crippen LogP contribution in [0.1, 0.15) is 20.7 Å². The van der Waals surface area contributed by atoms with E-state index in [0.717, 1.165) is 0 Å². The lowest BCUT2D eigenvalue weighted by Crippen LogP contribution is -2.13. The molecule has 0 fully saturated rings. The number of anilines is 1. The second-order valence-electron chi connectivity index (χ2n) is 7.39. The predicted molar refractivity (Wildman–Crippen MR) is 134 cm³/mol. The van der Waals surface area contributed by atoms with Crippen LogP contribution in [-0.4, -0.2) is 31.5 Å². The van der Waals surface area contributed by atoms with E-state index < -0.39 is 5.91 Å². The molecule has 1 amide bonds. The molecular formula is C26H20ClN3O5. The molecule has 8 nitrogen and oxygen atoms in total. The lowest BCUT2D eigenvalue weighted by Gasteiger charge is -2.13. The van der Waals surface area contributed by atoms with Crippen LogP contribution in [0.2, 0.25) is 5.02 Å². The Morgan fingerprint density at radius 3 is 2.46 bits per heavy atom. The number of fused-ring (bicyclic) bond motifs is 1. The average Bonchev–Trinajstić information content (AvgIpc) is 2.87. The number of halogens is 1. The lowest BCUT2D eigenvalue weighted by atomic mass is 10.0. The molecule has 0 saturated heterocycles. The third-order valence-electron chi connectivity index (χ3n) is 5.25. The average molecular weight is 490 g/mol. The van der Waals surface area contributed by atoms with Gasteiger partial charge in [0, 0.05) is 16.0 Å². The smallest absolute Gasteiger partial charge is 0.259 e. The number of carbonyl (C=O) groups is 2. The first-order valence-corrected chi connectivity index (χ1v) is 10.8. The number of ether oxygens (including phenoxy) is 2. The number of azo groups is 1. The van der Waals surface area contributed by atoms with Crippen molar-refractivity contribution in [2.75, 3.05) is 19.5 Å². The fraction of sp³-hybridized carbons (Fsp3) is 0.0769. The van der Waals surface area contributed by atoms with Crippen molar-refractivity contribution in [1.29, 1.82) is 0 Å². The monoisotopic (exact) mass is 489 g/mol. The van der Waals surface area contributed by atoms with Gasteiger partial charge in [-0.1, -0.05) is 35.9 Å². The van der Waals surface area contributed by atoms with Crippen LogP contribution in [0.5, 0.6) is 17.2 Å². The Bertz CT molecular complexity index is 1470. The molecule has 0 aliphatic heterocycles. The third-order valence-corrected chi connectivity index (χ3v) is 5.48. The summed E-state index contributed by atoms with van der Waals surface area (Å²) in [5.74, 6) is -0.155. The molecule has 0 bridgehead atoms. The Balaban J connectivity index is 1.81. The van der Waals surface area contributed by atoms with E-state index in [1.807, 2.05) is 0 Å². The molecule has 0 aliphatic carbocycles. The van der Waals surface area contributed by atoms with Gasteiger partial charge in [0.15, 0.2) is 5.75 Å². The quantitative estimate of drug-likeness (QED) is 0.222. The normalized spacial score (nSPS) is 10.9. The van der Waals surface area contributed by atoms with E-state index in [0.29, 0.717) is 50.5 Å². The zero-order valence-corrected chi connectivity index (χ0v) is 19.5. The maximum atomic E-state index is 13.2. The van der Waals surface area contributed by atoms with Gasteiger partial charge in [0.2, 0.25) is 0 Å². The molecule has 176 valence electrons. The second-order valence-corrected chi connectivity index (χ2v) is 7.83. The largest absolute Gasteiger partial charge is 0.505 e. The van der Waals surface area contributed by atoms with Crippen molar-refractivity contribution < 1.29 is 24.2 Å². The van der Waals surface area contributed by atoms with Gasteiger partial charge in [0.05, 0.1) is 25.5 Å². The Labute approximate surface area is 205 Å². The standard InChI is InChI=1S/C26H20ClN3O5/c1-34-22-10-8-17(27)13-20(22)28-26(33)19-12-16-5-3-4-6-18(16)24(25(19)32)30-29-21-11-15(14-31)7-9-23(21)35-2/h3-14,32H,1-2H3,(H,28,33). The minimum atomic E-state index is -0.592. The van der Waals surface area contributed by atoms with Gasteiger partial charge in [-0.15, -0.1) is 10.2 Å². The third kappa shape index (κ3) is 4.92. The molecule has 0 heterocycles. The van der Waals surface area contributed by atoms with Crippen molar-refractivity contribution >= 4 is 51.6 Å². The molecule has 4 aromatic rings. The summed E-state index contributed by atoms with van der Waals surface area (Å²) in [6.45, 7) is 0. The first kappa shape index (κ1) is 23.7. The number of nitrogens with one attached hydrogen (secondary N) is 1. The van der Waals surface area contributed by atoms with Crippen LogP contribution < -0.4 is 14.8 Å². The Morgan fingerprint density at radius 2 is 1.71 bits per heavy atom. The summed E-state index contributed by atoms with van der Waals surface area (Å²) in [5.41, 5.74) is 1.09. The zero-order chi connectivity index (χ0) is 24.9. The molecule has 35 heavy (non-hydrogen) atoms. The maximum Gasteiger partial charge on any atom is 0.259 e. The van der Waals surface area contributed by atoms with Crippen molar-refractivity contribution in [3.63, 3.8) is 0 Å². The highest BCUT2D eigenvalue weighted by atomic mass is 35.5. The van der Waals surface area contributed by atoms with Crippen LogP contribution in [0.25, 0.3) is 10.8 Å². The van der Waals surface area contributed by atoms with E-state index in [2.05, 4.69) is 15.5 Å². The number of phenols is 1. The number of phenolic OH excluding ortho intramolecular Hbond substituents is 1. The highest BCUT2D eigenvalue weighted by molar-refractivity contribution is 6.31. The number of methoxy groups -OCH3 is 2. The maximum absolute atomic E-state index is 13.2. The van der Waals surface area contributed by atoms with Gasteiger partial charge in [0.25, 0.3) is 5.91 Å². The summed E-state index contributed by atoms with van der Waals surface area (Å²) >= 11 is 6.07. The summed E-state index contributed by atoms with van der Waals surface area (Å²) in [7, 11) is 2.94. The van der Waals surface area contributed by atoms with Crippen LogP contribution in [0.3, 0.4) is 0 Å². The molecular weight excluding hydrogens is 470 g/mol. The van der Waals surface area contributed by atoms with Gasteiger partial charge in [-0.05, 0) is 47.9 Å². The Morgan fingerprint density at radius 1 is 0.971 bits per heavy atom. The van der Waals surface area contributed by atoms with Crippen LogP contribution in [0, 0.1) is 0 Å². The van der Waals surface area contributed by atoms with E-state index >= 15 is 0 Å². The molecule has 0 saturated carbocycles. The van der Waals surface area contributed by atoms with Gasteiger partial charge in [0.1, 0.15) is 29.2 Å². The minimum absolute atomic E-state index is 0.0201. The number of hydrogen-bond donors (Lipinski definition) is 2. The van der Waals surface area contributed by atoms with Gasteiger partial charge in [-0.25, -0.2) is 0 Å². The summed E-state index contributed by atoms with van der Waals surface area (Å²) in [4.78, 5) is 24.4. The SMILES string of the molecule is COc1ccc(C=O)cc1N=Nc1c(O)c(C(=O)Nc2cc(Cl)ccc2OC)cc2ccccc12. The summed E-state index contributed by atoms with van der Waals surface area (Å²) < 4.78 is 10.6. The van der Waals surface area contributed by atoms with Crippen LogP contribution in [0.4, 0.5) is 17.1 Å². The van der Waals surface area contributed by atoms with Crippen molar-refractivity contribution in [1.82, 2.24) is 0 Å². The molecule has 0 spiro atoms. The fourth-order valence-corrected chi connectivity index (χ4v) is 3.69. The van der Waals surface area contributed by atoms with Gasteiger partial charge < -0.3 is 19.9 Å². The van der Waals surface area contributed by atoms with Crippen LogP contribution in [0.15, 0.2) is 77.0 Å². The highest BCUT2D eigenvalue weighted by Gasteiger charge is 2.20. The molecule has 0 atom stereocenters. The fourth-order valence-electron chi connectivity index (χ4n) is 3.52. The molecule has 0 aliphatic rings. The van der Waals surface area contributed by atoms with Gasteiger partial charge >= 0.3 is 0 Å². The molecule has 0 radical (unpaired) electrons. The number of rotatable bonds is 7.